The van der Waals surface area contributed by atoms with E-state index in [1.54, 1.807) is 7.05 Å². The molecule has 0 aromatic heterocycles. The fourth-order valence-electron chi connectivity index (χ4n) is 2.97. The number of rotatable bonds is 6. The molecule has 3 rings (SSSR count). The Hall–Kier alpha value is -2.47. The summed E-state index contributed by atoms with van der Waals surface area (Å²) in [5.74, 6) is -0.123. The normalized spacial score (nSPS) is 22.7. The third-order valence-corrected chi connectivity index (χ3v) is 4.51. The highest BCUT2D eigenvalue weighted by Gasteiger charge is 2.31. The van der Waals surface area contributed by atoms with Crippen LogP contribution >= 0.6 is 0 Å². The van der Waals surface area contributed by atoms with Gasteiger partial charge in [0.1, 0.15) is 0 Å². The van der Waals surface area contributed by atoms with Crippen molar-refractivity contribution < 1.29 is 19.1 Å². The molecule has 3 atom stereocenters. The summed E-state index contributed by atoms with van der Waals surface area (Å²) in [6, 6.07) is 19.9. The highest BCUT2D eigenvalue weighted by atomic mass is 16.7. The summed E-state index contributed by atoms with van der Waals surface area (Å²) >= 11 is 0. The molecule has 0 spiro atoms. The average molecular weight is 367 g/mol. The Morgan fingerprint density at radius 3 is 2.44 bits per heavy atom. The van der Waals surface area contributed by atoms with Crippen molar-refractivity contribution in [2.24, 2.45) is 0 Å². The third-order valence-electron chi connectivity index (χ3n) is 4.51. The molecule has 0 aliphatic carbocycles. The molecule has 2 aromatic rings. The van der Waals surface area contributed by atoms with E-state index in [9.17, 15) is 4.79 Å². The minimum Gasteiger partial charge on any atom is -0.344 e. The van der Waals surface area contributed by atoms with Gasteiger partial charge in [0, 0.05) is 19.0 Å². The number of carbonyl (C=O) groups is 1. The Labute approximate surface area is 160 Å². The van der Waals surface area contributed by atoms with Crippen LogP contribution in [0.4, 0.5) is 0 Å². The predicted molar refractivity (Wildman–Crippen MR) is 103 cm³/mol. The maximum absolute atomic E-state index is 12.2. The monoisotopic (exact) mass is 367 g/mol. The second kappa shape index (κ2) is 9.46. The molecule has 1 aliphatic rings. The topological polar surface area (TPSA) is 48.0 Å². The molecule has 5 heteroatoms. The molecule has 1 saturated heterocycles. The van der Waals surface area contributed by atoms with Crippen LogP contribution in [0, 0.1) is 0 Å². The van der Waals surface area contributed by atoms with Crippen LogP contribution in [0.1, 0.15) is 30.3 Å². The van der Waals surface area contributed by atoms with Gasteiger partial charge in [-0.1, -0.05) is 72.8 Å². The molecule has 1 amide bonds. The van der Waals surface area contributed by atoms with Crippen molar-refractivity contribution in [2.45, 2.75) is 31.3 Å². The van der Waals surface area contributed by atoms with E-state index in [4.69, 9.17) is 14.3 Å². The zero-order chi connectivity index (χ0) is 19.1. The number of hydrogen-bond donors (Lipinski definition) is 0. The number of hydrogen-bond acceptors (Lipinski definition) is 4. The summed E-state index contributed by atoms with van der Waals surface area (Å²) in [6.07, 6.45) is 4.02. The minimum atomic E-state index is -0.504. The average Bonchev–Trinajstić information content (AvgIpc) is 2.73. The summed E-state index contributed by atoms with van der Waals surface area (Å²) in [4.78, 5) is 17.2. The molecule has 27 heavy (non-hydrogen) atoms. The molecule has 1 heterocycles. The van der Waals surface area contributed by atoms with Crippen LogP contribution in [0.5, 0.6) is 0 Å². The fraction of sp³-hybridized carbons (Fsp3) is 0.318. The van der Waals surface area contributed by atoms with Crippen LogP contribution in [0.25, 0.3) is 6.08 Å². The molecule has 5 nitrogen and oxygen atoms in total. The molecular weight excluding hydrogens is 342 g/mol. The first kappa shape index (κ1) is 19.3. The van der Waals surface area contributed by atoms with Crippen molar-refractivity contribution in [3.63, 3.8) is 0 Å². The summed E-state index contributed by atoms with van der Waals surface area (Å²) in [5, 5.41) is 1.23. The van der Waals surface area contributed by atoms with E-state index in [1.807, 2.05) is 72.8 Å². The Bertz CT molecular complexity index is 747. The molecule has 0 radical (unpaired) electrons. The van der Waals surface area contributed by atoms with Crippen molar-refractivity contribution in [1.29, 1.82) is 0 Å². The van der Waals surface area contributed by atoms with Crippen LogP contribution in [-0.4, -0.2) is 37.3 Å². The van der Waals surface area contributed by atoms with Crippen LogP contribution in [-0.2, 0) is 19.1 Å². The van der Waals surface area contributed by atoms with Gasteiger partial charge in [-0.25, -0.2) is 5.06 Å². The Kier molecular flexibility index (Phi) is 6.76. The van der Waals surface area contributed by atoms with E-state index in [0.717, 1.165) is 11.1 Å². The van der Waals surface area contributed by atoms with Gasteiger partial charge in [0.25, 0.3) is 0 Å². The number of nitrogens with zero attached hydrogens (tertiary/aromatic N) is 1. The molecule has 142 valence electrons. The molecule has 1 aliphatic heterocycles. The first-order valence-electron chi connectivity index (χ1n) is 9.05. The smallest absolute Gasteiger partial charge is 0.248 e. The predicted octanol–water partition coefficient (Wildman–Crippen LogP) is 3.98. The van der Waals surface area contributed by atoms with E-state index in [-0.39, 0.29) is 24.5 Å². The van der Waals surface area contributed by atoms with Gasteiger partial charge in [0.05, 0.1) is 25.7 Å². The van der Waals surface area contributed by atoms with Gasteiger partial charge in [0.15, 0.2) is 6.29 Å². The highest BCUT2D eigenvalue weighted by molar-refractivity contribution is 5.75. The van der Waals surface area contributed by atoms with Gasteiger partial charge in [0.2, 0.25) is 5.91 Å². The van der Waals surface area contributed by atoms with Gasteiger partial charge in [-0.2, -0.15) is 0 Å². The largest absolute Gasteiger partial charge is 0.344 e. The fourth-order valence-corrected chi connectivity index (χ4v) is 2.97. The van der Waals surface area contributed by atoms with E-state index < -0.39 is 6.29 Å². The molecule has 0 N–H and O–H groups in total. The van der Waals surface area contributed by atoms with E-state index in [1.165, 1.54) is 12.2 Å². The van der Waals surface area contributed by atoms with Crippen molar-refractivity contribution >= 4 is 12.0 Å². The molecule has 0 bridgehead atoms. The Morgan fingerprint density at radius 2 is 1.78 bits per heavy atom. The number of hydroxylamine groups is 2. The quantitative estimate of drug-likeness (QED) is 0.725. The molecule has 0 unspecified atom stereocenters. The molecule has 2 aromatic carbocycles. The zero-order valence-electron chi connectivity index (χ0n) is 15.7. The summed E-state index contributed by atoms with van der Waals surface area (Å²) in [6.45, 7) is 0. The van der Waals surface area contributed by atoms with Crippen molar-refractivity contribution in [3.8, 4) is 0 Å². The summed E-state index contributed by atoms with van der Waals surface area (Å²) in [7, 11) is 3.07. The van der Waals surface area contributed by atoms with Crippen LogP contribution in [0.2, 0.25) is 0 Å². The lowest BCUT2D eigenvalue weighted by Gasteiger charge is -2.35. The maximum atomic E-state index is 12.2. The second-order valence-electron chi connectivity index (χ2n) is 6.46. The van der Waals surface area contributed by atoms with Gasteiger partial charge < -0.3 is 9.47 Å². The zero-order valence-corrected chi connectivity index (χ0v) is 15.7. The van der Waals surface area contributed by atoms with Crippen LogP contribution in [0.3, 0.4) is 0 Å². The summed E-state index contributed by atoms with van der Waals surface area (Å²) in [5.41, 5.74) is 2.04. The van der Waals surface area contributed by atoms with Gasteiger partial charge in [-0.3, -0.25) is 9.63 Å². The minimum absolute atomic E-state index is 0.123. The van der Waals surface area contributed by atoms with Gasteiger partial charge >= 0.3 is 0 Å². The first-order valence-corrected chi connectivity index (χ1v) is 9.05. The maximum Gasteiger partial charge on any atom is 0.248 e. The molecule has 0 saturated carbocycles. The second-order valence-corrected chi connectivity index (χ2v) is 6.46. The number of benzene rings is 2. The van der Waals surface area contributed by atoms with Gasteiger partial charge in [-0.05, 0) is 5.56 Å². The third kappa shape index (κ3) is 5.50. The number of amides is 1. The van der Waals surface area contributed by atoms with E-state index in [2.05, 4.69) is 0 Å². The summed E-state index contributed by atoms with van der Waals surface area (Å²) < 4.78 is 12.2. The lowest BCUT2D eigenvalue weighted by molar-refractivity contribution is -0.240. The lowest BCUT2D eigenvalue weighted by atomic mass is 10.0. The molecule has 1 fully saturated rings. The highest BCUT2D eigenvalue weighted by Crippen LogP contribution is 2.32. The molecular formula is C22H25NO4. The number of carbonyl (C=O) groups excluding carboxylic acids is 1. The standard InChI is InChI=1S/C22H25NO4/c1-23(25-2)21(24)16-20-15-19(14-13-17-9-5-3-6-10-17)26-22(27-20)18-11-7-4-8-12-18/h3-14,19-20,22H,15-16H2,1-2H3/b14-13+/t19-,20-,22-/m1/s1. The van der Waals surface area contributed by atoms with Crippen molar-refractivity contribution in [2.75, 3.05) is 14.2 Å². The Balaban J connectivity index is 1.74. The van der Waals surface area contributed by atoms with E-state index >= 15 is 0 Å². The SMILES string of the molecule is CON(C)C(=O)C[C@H]1C[C@@H](/C=C/c2ccccc2)O[C@@H](c2ccccc2)O1. The first-order chi connectivity index (χ1) is 13.2. The lowest BCUT2D eigenvalue weighted by Crippen LogP contribution is -2.37. The van der Waals surface area contributed by atoms with E-state index in [0.29, 0.717) is 6.42 Å². The number of ether oxygens (including phenoxy) is 2. The Morgan fingerprint density at radius 1 is 1.11 bits per heavy atom. The van der Waals surface area contributed by atoms with Crippen molar-refractivity contribution in [3.05, 3.63) is 77.9 Å². The van der Waals surface area contributed by atoms with Crippen molar-refractivity contribution in [1.82, 2.24) is 5.06 Å². The van der Waals surface area contributed by atoms with Crippen LogP contribution < -0.4 is 0 Å². The van der Waals surface area contributed by atoms with Crippen LogP contribution in [0.15, 0.2) is 66.7 Å². The van der Waals surface area contributed by atoms with Gasteiger partial charge in [-0.15, -0.1) is 0 Å².